The molecule has 1 N–H and O–H groups in total. The third-order valence-electron chi connectivity index (χ3n) is 2.78. The first-order valence-electron chi connectivity index (χ1n) is 6.06. The van der Waals surface area contributed by atoms with E-state index in [0.29, 0.717) is 11.1 Å². The molecule has 0 radical (unpaired) electrons. The first-order chi connectivity index (χ1) is 10.4. The molecular formula is C15H10N2O4S. The third-order valence-corrected chi connectivity index (χ3v) is 4.03. The molecule has 110 valence electrons. The fraction of sp³-hybridized carbons (Fsp3) is 0. The maximum absolute atomic E-state index is 12.0. The van der Waals surface area contributed by atoms with Gasteiger partial charge >= 0.3 is 5.97 Å². The lowest BCUT2D eigenvalue weighted by atomic mass is 10.2. The number of carboxylic acids is 1. The van der Waals surface area contributed by atoms with Crippen LogP contribution in [0.1, 0.15) is 21.5 Å². The minimum absolute atomic E-state index is 0.00461. The van der Waals surface area contributed by atoms with Gasteiger partial charge in [0.15, 0.2) is 0 Å². The van der Waals surface area contributed by atoms with Crippen molar-refractivity contribution in [2.45, 2.75) is 4.90 Å². The Kier molecular flexibility index (Phi) is 4.34. The van der Waals surface area contributed by atoms with E-state index in [-0.39, 0.29) is 10.5 Å². The molecule has 0 saturated heterocycles. The Morgan fingerprint density at radius 2 is 1.68 bits per heavy atom. The molecule has 2 aromatic rings. The van der Waals surface area contributed by atoms with Crippen molar-refractivity contribution in [1.82, 2.24) is 0 Å². The maximum Gasteiger partial charge on any atom is 0.335 e. The molecule has 0 spiro atoms. The Labute approximate surface area is 127 Å². The summed E-state index contributed by atoms with van der Waals surface area (Å²) < 4.78 is 27.6. The standard InChI is InChI=1S/C15H10N2O4S/c16-9-11-1-3-12(4-2-11)10-17-22(20,21)14-7-5-13(6-8-14)15(18)19/h1-8,10H,(H,18,19)/b17-10+. The molecule has 0 saturated carbocycles. The zero-order valence-corrected chi connectivity index (χ0v) is 12.0. The predicted molar refractivity (Wildman–Crippen MR) is 79.3 cm³/mol. The largest absolute Gasteiger partial charge is 0.478 e. The van der Waals surface area contributed by atoms with Crippen LogP contribution in [0.15, 0.2) is 57.8 Å². The molecule has 0 heterocycles. The van der Waals surface area contributed by atoms with Gasteiger partial charge in [0, 0.05) is 6.21 Å². The molecule has 0 atom stereocenters. The number of aromatic carboxylic acids is 1. The summed E-state index contributed by atoms with van der Waals surface area (Å²) in [5.41, 5.74) is 0.990. The molecule has 7 heteroatoms. The van der Waals surface area contributed by atoms with Gasteiger partial charge < -0.3 is 5.11 Å². The molecule has 6 nitrogen and oxygen atoms in total. The summed E-state index contributed by atoms with van der Waals surface area (Å²) in [6.07, 6.45) is 1.17. The quantitative estimate of drug-likeness (QED) is 0.869. The fourth-order valence-corrected chi connectivity index (χ4v) is 2.47. The van der Waals surface area contributed by atoms with Crippen LogP contribution in [0.3, 0.4) is 0 Å². The first kappa shape index (κ1) is 15.4. The number of sulfonamides is 1. The van der Waals surface area contributed by atoms with Gasteiger partial charge in [-0.1, -0.05) is 12.1 Å². The number of carbonyl (C=O) groups is 1. The maximum atomic E-state index is 12.0. The van der Waals surface area contributed by atoms with Crippen LogP contribution in [-0.2, 0) is 10.0 Å². The Morgan fingerprint density at radius 1 is 1.09 bits per heavy atom. The topological polar surface area (TPSA) is 108 Å². The van der Waals surface area contributed by atoms with E-state index in [9.17, 15) is 13.2 Å². The van der Waals surface area contributed by atoms with Crippen molar-refractivity contribution in [3.63, 3.8) is 0 Å². The van der Waals surface area contributed by atoms with Crippen molar-refractivity contribution < 1.29 is 18.3 Å². The minimum Gasteiger partial charge on any atom is -0.478 e. The highest BCUT2D eigenvalue weighted by Gasteiger charge is 2.12. The fourth-order valence-electron chi connectivity index (χ4n) is 1.60. The number of benzene rings is 2. The highest BCUT2D eigenvalue weighted by molar-refractivity contribution is 7.90. The molecule has 0 aliphatic rings. The van der Waals surface area contributed by atoms with E-state index in [4.69, 9.17) is 10.4 Å². The van der Waals surface area contributed by atoms with Gasteiger partial charge in [0.2, 0.25) is 0 Å². The normalized spacial score (nSPS) is 11.2. The van der Waals surface area contributed by atoms with E-state index in [0.717, 1.165) is 0 Å². The van der Waals surface area contributed by atoms with Crippen molar-refractivity contribution in [3.8, 4) is 6.07 Å². The third kappa shape index (κ3) is 3.56. The van der Waals surface area contributed by atoms with Crippen LogP contribution in [0.2, 0.25) is 0 Å². The number of rotatable bonds is 4. The van der Waals surface area contributed by atoms with Crippen molar-refractivity contribution >= 4 is 22.2 Å². The van der Waals surface area contributed by atoms with E-state index in [2.05, 4.69) is 4.40 Å². The molecule has 0 fully saturated rings. The van der Waals surface area contributed by atoms with Crippen molar-refractivity contribution in [2.24, 2.45) is 4.40 Å². The van der Waals surface area contributed by atoms with Gasteiger partial charge in [-0.3, -0.25) is 0 Å². The van der Waals surface area contributed by atoms with Crippen LogP contribution >= 0.6 is 0 Å². The summed E-state index contributed by atoms with van der Waals surface area (Å²) >= 11 is 0. The molecular weight excluding hydrogens is 304 g/mol. The van der Waals surface area contributed by atoms with Crippen molar-refractivity contribution in [2.75, 3.05) is 0 Å². The lowest BCUT2D eigenvalue weighted by Gasteiger charge is -2.00. The highest BCUT2D eigenvalue weighted by Crippen LogP contribution is 2.14. The summed E-state index contributed by atoms with van der Waals surface area (Å²) in [7, 11) is -3.91. The van der Waals surface area contributed by atoms with Crippen LogP contribution in [-0.4, -0.2) is 25.7 Å². The SMILES string of the molecule is N#Cc1ccc(/C=N/S(=O)(=O)c2ccc(C(=O)O)cc2)cc1. The number of carboxylic acid groups (broad SMARTS) is 1. The summed E-state index contributed by atoms with van der Waals surface area (Å²) in [4.78, 5) is 10.6. The average Bonchev–Trinajstić information content (AvgIpc) is 2.53. The first-order valence-corrected chi connectivity index (χ1v) is 7.50. The number of nitriles is 1. The second-order valence-corrected chi connectivity index (χ2v) is 5.91. The molecule has 22 heavy (non-hydrogen) atoms. The van der Waals surface area contributed by atoms with E-state index < -0.39 is 16.0 Å². The minimum atomic E-state index is -3.91. The molecule has 0 bridgehead atoms. The summed E-state index contributed by atoms with van der Waals surface area (Å²) in [6.45, 7) is 0. The van der Waals surface area contributed by atoms with Gasteiger partial charge in [-0.05, 0) is 42.0 Å². The molecule has 0 aliphatic carbocycles. The lowest BCUT2D eigenvalue weighted by Crippen LogP contribution is -2.00. The van der Waals surface area contributed by atoms with E-state index in [1.165, 1.54) is 30.5 Å². The molecule has 2 aromatic carbocycles. The zero-order valence-electron chi connectivity index (χ0n) is 11.2. The van der Waals surface area contributed by atoms with E-state index >= 15 is 0 Å². The monoisotopic (exact) mass is 314 g/mol. The molecule has 2 rings (SSSR count). The summed E-state index contributed by atoms with van der Waals surface area (Å²) in [5, 5.41) is 17.4. The van der Waals surface area contributed by atoms with Gasteiger partial charge in [-0.25, -0.2) is 4.79 Å². The Hall–Kier alpha value is -2.98. The van der Waals surface area contributed by atoms with E-state index in [1.807, 2.05) is 6.07 Å². The Balaban J connectivity index is 2.24. The summed E-state index contributed by atoms with van der Waals surface area (Å²) in [6, 6.07) is 13.0. The van der Waals surface area contributed by atoms with Gasteiger partial charge in [0.1, 0.15) is 0 Å². The highest BCUT2D eigenvalue weighted by atomic mass is 32.2. The van der Waals surface area contributed by atoms with Crippen molar-refractivity contribution in [3.05, 3.63) is 65.2 Å². The van der Waals surface area contributed by atoms with Gasteiger partial charge in [0.25, 0.3) is 10.0 Å². The number of hydrogen-bond donors (Lipinski definition) is 1. The molecule has 0 aromatic heterocycles. The molecule has 0 aliphatic heterocycles. The molecule has 0 unspecified atom stereocenters. The second kappa shape index (κ2) is 6.20. The Morgan fingerprint density at radius 3 is 2.18 bits per heavy atom. The average molecular weight is 314 g/mol. The van der Waals surface area contributed by atoms with Crippen LogP contribution in [0.5, 0.6) is 0 Å². The van der Waals surface area contributed by atoms with Gasteiger partial charge in [-0.15, -0.1) is 0 Å². The van der Waals surface area contributed by atoms with E-state index in [1.54, 1.807) is 24.3 Å². The van der Waals surface area contributed by atoms with Crippen LogP contribution in [0.25, 0.3) is 0 Å². The molecule has 0 amide bonds. The second-order valence-electron chi connectivity index (χ2n) is 4.27. The van der Waals surface area contributed by atoms with Gasteiger partial charge in [-0.2, -0.15) is 18.1 Å². The van der Waals surface area contributed by atoms with Crippen molar-refractivity contribution in [1.29, 1.82) is 5.26 Å². The number of nitrogens with zero attached hydrogens (tertiary/aromatic N) is 2. The lowest BCUT2D eigenvalue weighted by molar-refractivity contribution is 0.0696. The predicted octanol–water partition coefficient (Wildman–Crippen LogP) is 2.06. The Bertz CT molecular complexity index is 861. The zero-order chi connectivity index (χ0) is 16.2. The smallest absolute Gasteiger partial charge is 0.335 e. The van der Waals surface area contributed by atoms with Crippen LogP contribution in [0, 0.1) is 11.3 Å². The van der Waals surface area contributed by atoms with Crippen LogP contribution in [0.4, 0.5) is 0 Å². The van der Waals surface area contributed by atoms with Crippen LogP contribution < -0.4 is 0 Å². The summed E-state index contributed by atoms with van der Waals surface area (Å²) in [5.74, 6) is -1.13. The number of hydrogen-bond acceptors (Lipinski definition) is 4. The van der Waals surface area contributed by atoms with Gasteiger partial charge in [0.05, 0.1) is 22.1 Å².